The molecule has 3 N–H and O–H groups in total. The van der Waals surface area contributed by atoms with Gasteiger partial charge in [0, 0.05) is 44.7 Å². The van der Waals surface area contributed by atoms with E-state index in [0.29, 0.717) is 12.5 Å². The maximum atomic E-state index is 12.0. The third-order valence-electron chi connectivity index (χ3n) is 3.96. The summed E-state index contributed by atoms with van der Waals surface area (Å²) in [5, 5.41) is 2.83. The Morgan fingerprint density at radius 1 is 1.42 bits per heavy atom. The van der Waals surface area contributed by atoms with E-state index in [1.807, 2.05) is 16.7 Å². The molecule has 2 aliphatic heterocycles. The summed E-state index contributed by atoms with van der Waals surface area (Å²) in [6.45, 7) is 4.97. The molecule has 0 aromatic rings. The first-order valence-corrected chi connectivity index (χ1v) is 7.15. The zero-order chi connectivity index (χ0) is 13.8. The van der Waals surface area contributed by atoms with E-state index >= 15 is 0 Å². The molecule has 0 spiro atoms. The van der Waals surface area contributed by atoms with Gasteiger partial charge in [-0.05, 0) is 26.2 Å². The number of nitrogens with one attached hydrogen (secondary N) is 1. The van der Waals surface area contributed by atoms with Crippen LogP contribution in [0.3, 0.4) is 0 Å². The van der Waals surface area contributed by atoms with Crippen molar-refractivity contribution < 1.29 is 9.59 Å². The Labute approximate surface area is 114 Å². The maximum absolute atomic E-state index is 12.0. The molecule has 0 aromatic heterocycles. The van der Waals surface area contributed by atoms with Crippen LogP contribution in [0.1, 0.15) is 32.6 Å². The zero-order valence-electron chi connectivity index (χ0n) is 11.6. The maximum Gasteiger partial charge on any atom is 0.317 e. The van der Waals surface area contributed by atoms with Crippen LogP contribution in [0.2, 0.25) is 0 Å². The highest BCUT2D eigenvalue weighted by Gasteiger charge is 2.31. The van der Waals surface area contributed by atoms with Crippen molar-refractivity contribution in [2.75, 3.05) is 26.2 Å². The van der Waals surface area contributed by atoms with Gasteiger partial charge in [0.2, 0.25) is 5.91 Å². The minimum Gasteiger partial charge on any atom is -0.343 e. The standard InChI is InChI=1S/C13H24N4O2/c1-10(14)2-3-12(18)16-7-4-11(5-8-16)17-9-6-15-13(17)19/h10-11H,2-9,14H2,1H3,(H,15,19). The molecule has 3 amide bonds. The van der Waals surface area contributed by atoms with Crippen LogP contribution in [0.15, 0.2) is 0 Å². The number of hydrogen-bond acceptors (Lipinski definition) is 3. The highest BCUT2D eigenvalue weighted by Crippen LogP contribution is 2.19. The smallest absolute Gasteiger partial charge is 0.317 e. The lowest BCUT2D eigenvalue weighted by Gasteiger charge is -2.36. The number of nitrogens with zero attached hydrogens (tertiary/aromatic N) is 2. The summed E-state index contributed by atoms with van der Waals surface area (Å²) in [6.07, 6.45) is 3.05. The molecule has 6 nitrogen and oxygen atoms in total. The Hall–Kier alpha value is -1.30. The Kier molecular flexibility index (Phi) is 4.63. The number of likely N-dealkylation sites (tertiary alicyclic amines) is 1. The number of carbonyl (C=O) groups is 2. The van der Waals surface area contributed by atoms with E-state index in [4.69, 9.17) is 5.73 Å². The van der Waals surface area contributed by atoms with Crippen molar-refractivity contribution in [1.29, 1.82) is 0 Å². The van der Waals surface area contributed by atoms with Gasteiger partial charge in [-0.2, -0.15) is 0 Å². The van der Waals surface area contributed by atoms with E-state index < -0.39 is 0 Å². The summed E-state index contributed by atoms with van der Waals surface area (Å²) in [5.74, 6) is 0.196. The molecule has 108 valence electrons. The van der Waals surface area contributed by atoms with Crippen LogP contribution in [-0.2, 0) is 4.79 Å². The van der Waals surface area contributed by atoms with Crippen molar-refractivity contribution >= 4 is 11.9 Å². The van der Waals surface area contributed by atoms with Crippen LogP contribution in [0, 0.1) is 0 Å². The van der Waals surface area contributed by atoms with E-state index in [-0.39, 0.29) is 18.0 Å². The summed E-state index contributed by atoms with van der Waals surface area (Å²) < 4.78 is 0. The highest BCUT2D eigenvalue weighted by molar-refractivity contribution is 5.77. The second-order valence-corrected chi connectivity index (χ2v) is 5.55. The van der Waals surface area contributed by atoms with E-state index in [9.17, 15) is 9.59 Å². The fourth-order valence-corrected chi connectivity index (χ4v) is 2.77. The van der Waals surface area contributed by atoms with Gasteiger partial charge in [-0.25, -0.2) is 4.79 Å². The Morgan fingerprint density at radius 2 is 2.11 bits per heavy atom. The van der Waals surface area contributed by atoms with Crippen LogP contribution in [0.4, 0.5) is 4.79 Å². The van der Waals surface area contributed by atoms with Crippen molar-refractivity contribution in [2.45, 2.75) is 44.7 Å². The first kappa shape index (κ1) is 14.1. The number of carbonyl (C=O) groups excluding carboxylic acids is 2. The molecule has 1 unspecified atom stereocenters. The van der Waals surface area contributed by atoms with E-state index in [1.165, 1.54) is 0 Å². The van der Waals surface area contributed by atoms with Gasteiger partial charge >= 0.3 is 6.03 Å². The van der Waals surface area contributed by atoms with Crippen molar-refractivity contribution in [3.8, 4) is 0 Å². The summed E-state index contributed by atoms with van der Waals surface area (Å²) in [7, 11) is 0. The lowest BCUT2D eigenvalue weighted by molar-refractivity contribution is -0.132. The van der Waals surface area contributed by atoms with Crippen LogP contribution < -0.4 is 11.1 Å². The largest absolute Gasteiger partial charge is 0.343 e. The average molecular weight is 268 g/mol. The normalized spacial score (nSPS) is 22.5. The zero-order valence-corrected chi connectivity index (χ0v) is 11.6. The molecule has 2 rings (SSSR count). The van der Waals surface area contributed by atoms with Crippen molar-refractivity contribution in [3.63, 3.8) is 0 Å². The van der Waals surface area contributed by atoms with Gasteiger partial charge in [0.15, 0.2) is 0 Å². The number of piperidine rings is 1. The molecular formula is C13H24N4O2. The van der Waals surface area contributed by atoms with E-state index in [0.717, 1.165) is 45.4 Å². The van der Waals surface area contributed by atoms with Gasteiger partial charge in [0.1, 0.15) is 0 Å². The third kappa shape index (κ3) is 3.59. The molecule has 2 aliphatic rings. The van der Waals surface area contributed by atoms with Gasteiger partial charge in [0.05, 0.1) is 0 Å². The molecule has 0 aromatic carbocycles. The number of urea groups is 1. The van der Waals surface area contributed by atoms with Gasteiger partial charge in [-0.1, -0.05) is 0 Å². The van der Waals surface area contributed by atoms with Gasteiger partial charge < -0.3 is 20.9 Å². The quantitative estimate of drug-likeness (QED) is 0.760. The van der Waals surface area contributed by atoms with Crippen LogP contribution in [0.25, 0.3) is 0 Å². The van der Waals surface area contributed by atoms with Crippen LogP contribution in [0.5, 0.6) is 0 Å². The summed E-state index contributed by atoms with van der Waals surface area (Å²) in [6, 6.07) is 0.413. The monoisotopic (exact) mass is 268 g/mol. The molecule has 2 saturated heterocycles. The summed E-state index contributed by atoms with van der Waals surface area (Å²) >= 11 is 0. The van der Waals surface area contributed by atoms with E-state index in [2.05, 4.69) is 5.32 Å². The molecule has 0 radical (unpaired) electrons. The minimum absolute atomic E-state index is 0.0433. The Bertz CT molecular complexity index is 338. The molecule has 1 atom stereocenters. The number of nitrogens with two attached hydrogens (primary N) is 1. The van der Waals surface area contributed by atoms with Crippen molar-refractivity contribution in [2.24, 2.45) is 5.73 Å². The fraction of sp³-hybridized carbons (Fsp3) is 0.846. The summed E-state index contributed by atoms with van der Waals surface area (Å²) in [5.41, 5.74) is 5.67. The number of rotatable bonds is 4. The number of amides is 3. The summed E-state index contributed by atoms with van der Waals surface area (Å²) in [4.78, 5) is 27.4. The Balaban J connectivity index is 1.75. The first-order valence-electron chi connectivity index (χ1n) is 7.15. The molecule has 0 bridgehead atoms. The van der Waals surface area contributed by atoms with Gasteiger partial charge in [-0.15, -0.1) is 0 Å². The lowest BCUT2D eigenvalue weighted by Crippen LogP contribution is -2.47. The predicted octanol–water partition coefficient (Wildman–Crippen LogP) is 0.130. The van der Waals surface area contributed by atoms with Crippen LogP contribution >= 0.6 is 0 Å². The minimum atomic E-state index is 0.0433. The van der Waals surface area contributed by atoms with Gasteiger partial charge in [-0.3, -0.25) is 4.79 Å². The molecule has 0 aliphatic carbocycles. The fourth-order valence-electron chi connectivity index (χ4n) is 2.77. The molecule has 0 saturated carbocycles. The third-order valence-corrected chi connectivity index (χ3v) is 3.96. The molecule has 2 heterocycles. The molecule has 2 fully saturated rings. The SMILES string of the molecule is CC(N)CCC(=O)N1CCC(N2CCNC2=O)CC1. The predicted molar refractivity (Wildman–Crippen MR) is 72.6 cm³/mol. The second-order valence-electron chi connectivity index (χ2n) is 5.55. The first-order chi connectivity index (χ1) is 9.08. The molecule has 6 heteroatoms. The topological polar surface area (TPSA) is 78.7 Å². The lowest BCUT2D eigenvalue weighted by atomic mass is 10.0. The van der Waals surface area contributed by atoms with Gasteiger partial charge in [0.25, 0.3) is 0 Å². The average Bonchev–Trinajstić information content (AvgIpc) is 2.82. The highest BCUT2D eigenvalue weighted by atomic mass is 16.2. The Morgan fingerprint density at radius 3 is 2.63 bits per heavy atom. The number of hydrogen-bond donors (Lipinski definition) is 2. The van der Waals surface area contributed by atoms with Crippen molar-refractivity contribution in [3.05, 3.63) is 0 Å². The second kappa shape index (κ2) is 6.23. The molecular weight excluding hydrogens is 244 g/mol. The van der Waals surface area contributed by atoms with E-state index in [1.54, 1.807) is 0 Å². The van der Waals surface area contributed by atoms with Crippen LogP contribution in [-0.4, -0.2) is 60.0 Å². The molecule has 19 heavy (non-hydrogen) atoms. The van der Waals surface area contributed by atoms with Crippen molar-refractivity contribution in [1.82, 2.24) is 15.1 Å².